The molecule has 5 heteroatoms. The van der Waals surface area contributed by atoms with Gasteiger partial charge in [-0.1, -0.05) is 0 Å². The minimum absolute atomic E-state index is 0.460. The summed E-state index contributed by atoms with van der Waals surface area (Å²) < 4.78 is 36.4. The van der Waals surface area contributed by atoms with Crippen molar-refractivity contribution >= 4 is 10.9 Å². The summed E-state index contributed by atoms with van der Waals surface area (Å²) in [5.74, 6) is 0. The van der Waals surface area contributed by atoms with Crippen LogP contribution in [0.2, 0.25) is 0 Å². The van der Waals surface area contributed by atoms with Crippen LogP contribution in [0.5, 0.6) is 0 Å². The molecule has 0 aliphatic rings. The van der Waals surface area contributed by atoms with Crippen molar-refractivity contribution in [2.45, 2.75) is 6.18 Å². The standard InChI is InChI=1S/C8H4F3N2/c9-8(10,11)7-3-5-1-2-12-6(5)4-13-7/h1,3-4,12H. The van der Waals surface area contributed by atoms with Crippen LogP contribution >= 0.6 is 0 Å². The van der Waals surface area contributed by atoms with Crippen molar-refractivity contribution in [2.24, 2.45) is 0 Å². The highest BCUT2D eigenvalue weighted by molar-refractivity contribution is 5.78. The molecule has 2 aromatic heterocycles. The smallest absolute Gasteiger partial charge is 0.352 e. The molecule has 0 fully saturated rings. The van der Waals surface area contributed by atoms with Gasteiger partial charge >= 0.3 is 6.18 Å². The number of halogens is 3. The van der Waals surface area contributed by atoms with E-state index >= 15 is 0 Å². The fourth-order valence-electron chi connectivity index (χ4n) is 1.04. The predicted molar refractivity (Wildman–Crippen MR) is 39.9 cm³/mol. The van der Waals surface area contributed by atoms with Crippen molar-refractivity contribution < 1.29 is 13.2 Å². The molecule has 2 rings (SSSR count). The molecule has 2 heterocycles. The monoisotopic (exact) mass is 185 g/mol. The van der Waals surface area contributed by atoms with Crippen molar-refractivity contribution in [3.8, 4) is 0 Å². The maximum Gasteiger partial charge on any atom is 0.433 e. The van der Waals surface area contributed by atoms with E-state index in [1.54, 1.807) is 0 Å². The molecule has 0 saturated heterocycles. The lowest BCUT2D eigenvalue weighted by Crippen LogP contribution is -2.06. The maximum absolute atomic E-state index is 12.1. The van der Waals surface area contributed by atoms with Crippen molar-refractivity contribution in [1.82, 2.24) is 9.97 Å². The molecule has 13 heavy (non-hydrogen) atoms. The maximum atomic E-state index is 12.1. The third-order valence-electron chi connectivity index (χ3n) is 1.66. The zero-order chi connectivity index (χ0) is 9.47. The van der Waals surface area contributed by atoms with E-state index in [0.717, 1.165) is 12.3 Å². The summed E-state index contributed by atoms with van der Waals surface area (Å²) in [6.07, 6.45) is -0.652. The Labute approximate surface area is 71.4 Å². The molecule has 1 N–H and O–H groups in total. The molecule has 0 aliphatic heterocycles. The van der Waals surface area contributed by atoms with Gasteiger partial charge in [-0.05, 0) is 12.1 Å². The number of aromatic nitrogens is 2. The predicted octanol–water partition coefficient (Wildman–Crippen LogP) is 2.38. The van der Waals surface area contributed by atoms with Crippen LogP contribution in [0, 0.1) is 6.20 Å². The average Bonchev–Trinajstić information content (AvgIpc) is 2.47. The quantitative estimate of drug-likeness (QED) is 0.670. The van der Waals surface area contributed by atoms with Crippen molar-refractivity contribution in [3.05, 3.63) is 30.2 Å². The van der Waals surface area contributed by atoms with Gasteiger partial charge in [-0.2, -0.15) is 13.2 Å². The van der Waals surface area contributed by atoms with Gasteiger partial charge in [0, 0.05) is 5.39 Å². The van der Waals surface area contributed by atoms with Crippen LogP contribution in [0.1, 0.15) is 5.69 Å². The Balaban J connectivity index is 2.61. The van der Waals surface area contributed by atoms with Gasteiger partial charge in [-0.15, -0.1) is 0 Å². The number of alkyl halides is 3. The lowest BCUT2D eigenvalue weighted by molar-refractivity contribution is -0.141. The second-order valence-corrected chi connectivity index (χ2v) is 2.57. The molecule has 2 nitrogen and oxygen atoms in total. The first-order chi connectivity index (χ1) is 6.07. The SMILES string of the molecule is FC(F)(F)c1cc2c[c][nH]c2cn1. The molecular formula is C8H4F3N2. The molecule has 0 saturated carbocycles. The van der Waals surface area contributed by atoms with E-state index in [0.29, 0.717) is 10.9 Å². The molecule has 0 unspecified atom stereocenters. The van der Waals surface area contributed by atoms with Crippen molar-refractivity contribution in [2.75, 3.05) is 0 Å². The van der Waals surface area contributed by atoms with E-state index in [1.807, 2.05) is 0 Å². The summed E-state index contributed by atoms with van der Waals surface area (Å²) in [6, 6.07) is 2.44. The normalized spacial score (nSPS) is 12.2. The van der Waals surface area contributed by atoms with Crippen LogP contribution in [0.25, 0.3) is 10.9 Å². The highest BCUT2D eigenvalue weighted by Gasteiger charge is 2.32. The van der Waals surface area contributed by atoms with E-state index in [1.165, 1.54) is 6.07 Å². The van der Waals surface area contributed by atoms with Crippen LogP contribution in [0.4, 0.5) is 13.2 Å². The Kier molecular flexibility index (Phi) is 1.55. The first kappa shape index (κ1) is 8.10. The van der Waals surface area contributed by atoms with E-state index in [9.17, 15) is 13.2 Å². The van der Waals surface area contributed by atoms with E-state index < -0.39 is 11.9 Å². The zero-order valence-corrected chi connectivity index (χ0v) is 6.31. The molecular weight excluding hydrogens is 181 g/mol. The number of aromatic amines is 1. The molecule has 0 atom stereocenters. The first-order valence-electron chi connectivity index (χ1n) is 3.49. The molecule has 67 valence electrons. The zero-order valence-electron chi connectivity index (χ0n) is 6.31. The molecule has 0 aromatic carbocycles. The van der Waals surface area contributed by atoms with Crippen LogP contribution < -0.4 is 0 Å². The lowest BCUT2D eigenvalue weighted by atomic mass is 10.2. The van der Waals surface area contributed by atoms with Gasteiger partial charge in [0.15, 0.2) is 0 Å². The highest BCUT2D eigenvalue weighted by Crippen LogP contribution is 2.28. The number of H-pyrrole nitrogens is 1. The van der Waals surface area contributed by atoms with Crippen LogP contribution in [-0.2, 0) is 6.18 Å². The Morgan fingerprint density at radius 2 is 2.15 bits per heavy atom. The summed E-state index contributed by atoms with van der Waals surface area (Å²) in [5.41, 5.74) is -0.332. The van der Waals surface area contributed by atoms with Gasteiger partial charge in [-0.25, -0.2) is 4.98 Å². The fourth-order valence-corrected chi connectivity index (χ4v) is 1.04. The minimum Gasteiger partial charge on any atom is -0.352 e. The number of fused-ring (bicyclic) bond motifs is 1. The third kappa shape index (κ3) is 1.37. The third-order valence-corrected chi connectivity index (χ3v) is 1.66. The number of nitrogens with one attached hydrogen (secondary N) is 1. The molecule has 2 aromatic rings. The van der Waals surface area contributed by atoms with E-state index in [2.05, 4.69) is 16.2 Å². The van der Waals surface area contributed by atoms with Gasteiger partial charge in [0.05, 0.1) is 17.9 Å². The second kappa shape index (κ2) is 2.48. The van der Waals surface area contributed by atoms with Crippen LogP contribution in [-0.4, -0.2) is 9.97 Å². The molecule has 0 aliphatic carbocycles. The summed E-state index contributed by atoms with van der Waals surface area (Å²) in [4.78, 5) is 5.92. The molecule has 0 spiro atoms. The molecule has 1 radical (unpaired) electrons. The minimum atomic E-state index is -4.38. The van der Waals surface area contributed by atoms with Crippen molar-refractivity contribution in [3.63, 3.8) is 0 Å². The summed E-state index contributed by atoms with van der Waals surface area (Å²) in [7, 11) is 0. The number of hydrogen-bond donors (Lipinski definition) is 1. The van der Waals surface area contributed by atoms with Crippen LogP contribution in [0.3, 0.4) is 0 Å². The number of rotatable bonds is 0. The molecule has 0 bridgehead atoms. The van der Waals surface area contributed by atoms with Gasteiger partial charge in [0.2, 0.25) is 0 Å². The highest BCUT2D eigenvalue weighted by atomic mass is 19.4. The average molecular weight is 185 g/mol. The van der Waals surface area contributed by atoms with Gasteiger partial charge in [-0.3, -0.25) is 0 Å². The number of hydrogen-bond acceptors (Lipinski definition) is 1. The summed E-state index contributed by atoms with van der Waals surface area (Å²) in [5, 5.41) is 0.460. The van der Waals surface area contributed by atoms with E-state index in [4.69, 9.17) is 0 Å². The topological polar surface area (TPSA) is 28.7 Å². The molecule has 0 amide bonds. The Morgan fingerprint density at radius 1 is 1.38 bits per heavy atom. The summed E-state index contributed by atoms with van der Waals surface area (Å²) >= 11 is 0. The largest absolute Gasteiger partial charge is 0.433 e. The Bertz CT molecular complexity index is 430. The lowest BCUT2D eigenvalue weighted by Gasteiger charge is -2.04. The summed E-state index contributed by atoms with van der Waals surface area (Å²) in [6.45, 7) is 0. The Hall–Kier alpha value is -1.52. The van der Waals surface area contributed by atoms with Gasteiger partial charge < -0.3 is 4.98 Å². The fraction of sp³-hybridized carbons (Fsp3) is 0.125. The first-order valence-corrected chi connectivity index (χ1v) is 3.49. The van der Waals surface area contributed by atoms with E-state index in [-0.39, 0.29) is 0 Å². The van der Waals surface area contributed by atoms with Crippen LogP contribution in [0.15, 0.2) is 18.3 Å². The number of nitrogens with zero attached hydrogens (tertiary/aromatic N) is 1. The Morgan fingerprint density at radius 3 is 2.85 bits per heavy atom. The van der Waals surface area contributed by atoms with Crippen molar-refractivity contribution in [1.29, 1.82) is 0 Å². The van der Waals surface area contributed by atoms with Gasteiger partial charge in [0.1, 0.15) is 5.69 Å². The second-order valence-electron chi connectivity index (χ2n) is 2.57. The number of pyridine rings is 1. The van der Waals surface area contributed by atoms with Gasteiger partial charge in [0.25, 0.3) is 0 Å².